The highest BCUT2D eigenvalue weighted by Gasteiger charge is 2.38. The Morgan fingerprint density at radius 2 is 2.07 bits per heavy atom. The van der Waals surface area contributed by atoms with E-state index in [0.717, 1.165) is 10.4 Å². The van der Waals surface area contributed by atoms with Crippen LogP contribution in [0.5, 0.6) is 5.75 Å². The van der Waals surface area contributed by atoms with Crippen molar-refractivity contribution in [1.82, 2.24) is 10.2 Å². The predicted octanol–water partition coefficient (Wildman–Crippen LogP) is 3.40. The first-order chi connectivity index (χ1) is 13.0. The molecule has 2 heterocycles. The van der Waals surface area contributed by atoms with Crippen molar-refractivity contribution >= 4 is 57.5 Å². The zero-order valence-electron chi connectivity index (χ0n) is 14.5. The van der Waals surface area contributed by atoms with Crippen molar-refractivity contribution in [2.24, 2.45) is 0 Å². The fraction of sp³-hybridized carbons (Fsp3) is 0.211. The predicted molar refractivity (Wildman–Crippen MR) is 114 cm³/mol. The van der Waals surface area contributed by atoms with Crippen LogP contribution in [-0.4, -0.2) is 38.7 Å². The summed E-state index contributed by atoms with van der Waals surface area (Å²) in [6, 6.07) is 10.0. The number of nitrogens with one attached hydrogen (secondary N) is 1. The number of aromatic hydroxyl groups is 1. The number of benzene rings is 1. The van der Waals surface area contributed by atoms with E-state index in [1.165, 1.54) is 16.7 Å². The van der Waals surface area contributed by atoms with Crippen LogP contribution in [0.1, 0.15) is 17.4 Å². The van der Waals surface area contributed by atoms with Gasteiger partial charge in [-0.25, -0.2) is 0 Å². The van der Waals surface area contributed by atoms with Crippen LogP contribution in [0, 0.1) is 0 Å². The molecule has 0 saturated carbocycles. The van der Waals surface area contributed by atoms with Crippen molar-refractivity contribution in [3.63, 3.8) is 0 Å². The molecule has 0 unspecified atom stereocenters. The summed E-state index contributed by atoms with van der Waals surface area (Å²) in [5.41, 5.74) is 1.00. The third kappa shape index (κ3) is 4.77. The normalized spacial score (nSPS) is 16.8. The van der Waals surface area contributed by atoms with Gasteiger partial charge in [0.2, 0.25) is 5.91 Å². The maximum atomic E-state index is 12.7. The number of thiocarbonyl (C=S) groups is 1. The lowest BCUT2D eigenvalue weighted by molar-refractivity contribution is -0.132. The van der Waals surface area contributed by atoms with E-state index in [1.54, 1.807) is 36.5 Å². The molecule has 0 bridgehead atoms. The molecule has 1 aliphatic heterocycles. The maximum Gasteiger partial charge on any atom is 0.266 e. The minimum absolute atomic E-state index is 0.210. The molecule has 0 radical (unpaired) electrons. The van der Waals surface area contributed by atoms with Gasteiger partial charge in [-0.05, 0) is 48.6 Å². The molecule has 8 heteroatoms. The van der Waals surface area contributed by atoms with Crippen molar-refractivity contribution in [2.75, 3.05) is 6.54 Å². The second-order valence-corrected chi connectivity index (χ2v) is 8.61. The molecule has 140 valence electrons. The number of amides is 2. The quantitative estimate of drug-likeness (QED) is 0.556. The van der Waals surface area contributed by atoms with Gasteiger partial charge in [-0.15, -0.1) is 11.3 Å². The highest BCUT2D eigenvalue weighted by atomic mass is 32.2. The highest BCUT2D eigenvalue weighted by molar-refractivity contribution is 8.26. The van der Waals surface area contributed by atoms with Gasteiger partial charge in [-0.2, -0.15) is 0 Å². The summed E-state index contributed by atoms with van der Waals surface area (Å²) in [5, 5.41) is 14.1. The summed E-state index contributed by atoms with van der Waals surface area (Å²) in [6.07, 6.45) is 2.44. The highest BCUT2D eigenvalue weighted by Crippen LogP contribution is 2.34. The van der Waals surface area contributed by atoms with Crippen LogP contribution in [0.4, 0.5) is 0 Å². The number of thioether (sulfide) groups is 1. The van der Waals surface area contributed by atoms with Gasteiger partial charge >= 0.3 is 0 Å². The zero-order valence-corrected chi connectivity index (χ0v) is 17.0. The van der Waals surface area contributed by atoms with E-state index in [1.807, 2.05) is 29.6 Å². The minimum atomic E-state index is -0.674. The van der Waals surface area contributed by atoms with E-state index in [4.69, 9.17) is 12.2 Å². The lowest BCUT2D eigenvalue weighted by atomic mass is 10.1. The molecular formula is C19H18N2O3S3. The third-order valence-electron chi connectivity index (χ3n) is 4.06. The van der Waals surface area contributed by atoms with E-state index < -0.39 is 6.04 Å². The summed E-state index contributed by atoms with van der Waals surface area (Å²) in [7, 11) is 0. The van der Waals surface area contributed by atoms with Crippen molar-refractivity contribution in [1.29, 1.82) is 0 Å². The smallest absolute Gasteiger partial charge is 0.266 e. The molecule has 3 rings (SSSR count). The Hall–Kier alpha value is -2.16. The second kappa shape index (κ2) is 8.69. The van der Waals surface area contributed by atoms with Crippen LogP contribution in [0.15, 0.2) is 46.7 Å². The van der Waals surface area contributed by atoms with E-state index in [9.17, 15) is 14.7 Å². The SMILES string of the molecule is C[C@@H](C(=O)NCCc1ccc(O)cc1)N1C(=O)/C(=C/c2cccs2)SC1=S. The van der Waals surface area contributed by atoms with E-state index in [2.05, 4.69) is 5.32 Å². The largest absolute Gasteiger partial charge is 0.508 e. The molecule has 2 amide bonds. The molecule has 0 spiro atoms. The number of phenols is 1. The Balaban J connectivity index is 1.58. The number of carbonyl (C=O) groups is 2. The lowest BCUT2D eigenvalue weighted by Gasteiger charge is -2.22. The fourth-order valence-corrected chi connectivity index (χ4v) is 4.72. The molecule has 27 heavy (non-hydrogen) atoms. The van der Waals surface area contributed by atoms with Gasteiger partial charge in [0.25, 0.3) is 5.91 Å². The summed E-state index contributed by atoms with van der Waals surface area (Å²) in [4.78, 5) is 28.0. The van der Waals surface area contributed by atoms with Crippen LogP contribution in [-0.2, 0) is 16.0 Å². The van der Waals surface area contributed by atoms with Crippen molar-refractivity contribution < 1.29 is 14.7 Å². The number of hydrogen-bond acceptors (Lipinski definition) is 6. The molecule has 1 fully saturated rings. The summed E-state index contributed by atoms with van der Waals surface area (Å²) < 4.78 is 0.393. The van der Waals surface area contributed by atoms with Gasteiger partial charge in [0.05, 0.1) is 4.91 Å². The van der Waals surface area contributed by atoms with Gasteiger partial charge in [0, 0.05) is 11.4 Å². The Labute approximate surface area is 171 Å². The van der Waals surface area contributed by atoms with Crippen LogP contribution < -0.4 is 5.32 Å². The first-order valence-electron chi connectivity index (χ1n) is 8.32. The molecule has 5 nitrogen and oxygen atoms in total. The first kappa shape index (κ1) is 19.6. The molecule has 1 atom stereocenters. The average Bonchev–Trinajstić information content (AvgIpc) is 3.24. The topological polar surface area (TPSA) is 69.6 Å². The van der Waals surface area contributed by atoms with E-state index in [-0.39, 0.29) is 17.6 Å². The van der Waals surface area contributed by atoms with Gasteiger partial charge in [-0.3, -0.25) is 14.5 Å². The number of hydrogen-bond donors (Lipinski definition) is 2. The van der Waals surface area contributed by atoms with Crippen LogP contribution >= 0.6 is 35.3 Å². The first-order valence-corrected chi connectivity index (χ1v) is 10.4. The number of nitrogens with zero attached hydrogens (tertiary/aromatic N) is 1. The number of carbonyl (C=O) groups excluding carboxylic acids is 2. The average molecular weight is 419 g/mol. The molecule has 0 aliphatic carbocycles. The molecule has 1 saturated heterocycles. The number of phenolic OH excluding ortho intramolecular Hbond substituents is 1. The second-order valence-electron chi connectivity index (χ2n) is 5.95. The molecule has 1 aromatic heterocycles. The van der Waals surface area contributed by atoms with Crippen molar-refractivity contribution in [3.05, 3.63) is 57.1 Å². The van der Waals surface area contributed by atoms with Crippen LogP contribution in [0.2, 0.25) is 0 Å². The van der Waals surface area contributed by atoms with Gasteiger partial charge < -0.3 is 10.4 Å². The Morgan fingerprint density at radius 1 is 1.33 bits per heavy atom. The van der Waals surface area contributed by atoms with Crippen LogP contribution in [0.25, 0.3) is 6.08 Å². The zero-order chi connectivity index (χ0) is 19.4. The molecule has 1 aromatic carbocycles. The van der Waals surface area contributed by atoms with E-state index >= 15 is 0 Å². The summed E-state index contributed by atoms with van der Waals surface area (Å²) >= 11 is 8.07. The molecule has 2 aromatic rings. The Bertz CT molecular complexity index is 876. The summed E-state index contributed by atoms with van der Waals surface area (Å²) in [6.45, 7) is 2.11. The maximum absolute atomic E-state index is 12.7. The van der Waals surface area contributed by atoms with E-state index in [0.29, 0.717) is 22.2 Å². The number of thiophene rings is 1. The number of rotatable bonds is 6. The molecular weight excluding hydrogens is 400 g/mol. The van der Waals surface area contributed by atoms with Gasteiger partial charge in [0.15, 0.2) is 0 Å². The Kier molecular flexibility index (Phi) is 6.30. The standard InChI is InChI=1S/C19H18N2O3S3/c1-12(17(23)20-9-8-13-4-6-14(22)7-5-13)21-18(24)16(27-19(21)25)11-15-3-2-10-26-15/h2-7,10-12,22H,8-9H2,1H3,(H,20,23)/b16-11-/t12-/m0/s1. The van der Waals surface area contributed by atoms with Gasteiger partial charge in [-0.1, -0.05) is 42.2 Å². The Morgan fingerprint density at radius 3 is 2.74 bits per heavy atom. The third-order valence-corrected chi connectivity index (χ3v) is 6.21. The van der Waals surface area contributed by atoms with Crippen LogP contribution in [0.3, 0.4) is 0 Å². The molecule has 1 aliphatic rings. The van der Waals surface area contributed by atoms with Crippen molar-refractivity contribution in [2.45, 2.75) is 19.4 Å². The monoisotopic (exact) mass is 418 g/mol. The van der Waals surface area contributed by atoms with Crippen molar-refractivity contribution in [3.8, 4) is 5.75 Å². The lowest BCUT2D eigenvalue weighted by Crippen LogP contribution is -2.47. The molecule has 2 N–H and O–H groups in total. The fourth-order valence-electron chi connectivity index (χ4n) is 2.57. The minimum Gasteiger partial charge on any atom is -0.508 e. The summed E-state index contributed by atoms with van der Waals surface area (Å²) in [5.74, 6) is -0.275. The van der Waals surface area contributed by atoms with Gasteiger partial charge in [0.1, 0.15) is 16.1 Å².